The molecule has 0 saturated carbocycles. The van der Waals surface area contributed by atoms with Crippen molar-refractivity contribution in [3.63, 3.8) is 0 Å². The number of ketones is 1. The van der Waals surface area contributed by atoms with Crippen LogP contribution in [0.4, 0.5) is 0 Å². The van der Waals surface area contributed by atoms with Crippen molar-refractivity contribution in [3.05, 3.63) is 29.3 Å². The van der Waals surface area contributed by atoms with Crippen LogP contribution in [0.15, 0.2) is 18.2 Å². The largest absolute Gasteiger partial charge is 0.412 e. The van der Waals surface area contributed by atoms with Crippen molar-refractivity contribution in [3.8, 4) is 5.75 Å². The molecule has 0 radical (unpaired) electrons. The van der Waals surface area contributed by atoms with Gasteiger partial charge < -0.3 is 10.4 Å². The van der Waals surface area contributed by atoms with Gasteiger partial charge in [-0.3, -0.25) is 9.59 Å². The Morgan fingerprint density at radius 3 is 2.93 bits per heavy atom. The molecule has 0 aliphatic carbocycles. The lowest BCUT2D eigenvalue weighted by Gasteiger charge is -1.96. The summed E-state index contributed by atoms with van der Waals surface area (Å²) in [5, 5.41) is 0. The second-order valence-electron chi connectivity index (χ2n) is 2.65. The van der Waals surface area contributed by atoms with Gasteiger partial charge in [0, 0.05) is 11.1 Å². The normalized spacial score (nSPS) is 12.3. The topological polar surface area (TPSA) is 84.1 Å². The van der Waals surface area contributed by atoms with Gasteiger partial charge in [0.05, 0.1) is 0 Å². The Bertz CT molecular complexity index is 371. The van der Waals surface area contributed by atoms with Gasteiger partial charge in [-0.15, -0.1) is 0 Å². The lowest BCUT2D eigenvalue weighted by atomic mass is 10.1. The number of carbonyl (C=O) groups is 2. The maximum absolute atomic E-state index is 10.9. The molecule has 1 aromatic carbocycles. The molecule has 0 bridgehead atoms. The number of hydrogen-bond donors (Lipinski definition) is 0. The first-order valence-electron chi connectivity index (χ1n) is 3.73. The van der Waals surface area contributed by atoms with E-state index >= 15 is 0 Å². The highest BCUT2D eigenvalue weighted by atomic mass is 17.2. The van der Waals surface area contributed by atoms with Crippen molar-refractivity contribution in [2.75, 3.05) is 0 Å². The zero-order valence-corrected chi connectivity index (χ0v) is 7.15. The second-order valence-corrected chi connectivity index (χ2v) is 2.65. The van der Waals surface area contributed by atoms with Crippen LogP contribution in [0.5, 0.6) is 5.75 Å². The highest BCUT2D eigenvalue weighted by molar-refractivity contribution is 6.33. The summed E-state index contributed by atoms with van der Waals surface area (Å²) >= 11 is 0. The van der Waals surface area contributed by atoms with E-state index in [4.69, 9.17) is 4.89 Å². The van der Waals surface area contributed by atoms with Crippen molar-refractivity contribution in [1.82, 2.24) is 0 Å². The number of benzene rings is 1. The van der Waals surface area contributed by atoms with Gasteiger partial charge in [0.2, 0.25) is 5.78 Å². The summed E-state index contributed by atoms with van der Waals surface area (Å²) in [5.74, 6) is -0.0500. The van der Waals surface area contributed by atoms with Crippen molar-refractivity contribution in [2.45, 2.75) is 6.61 Å². The van der Waals surface area contributed by atoms with Gasteiger partial charge in [-0.1, -0.05) is 12.1 Å². The van der Waals surface area contributed by atoms with E-state index in [2.05, 4.69) is 4.89 Å². The Morgan fingerprint density at radius 2 is 2.21 bits per heavy atom. The van der Waals surface area contributed by atoms with Crippen molar-refractivity contribution in [2.24, 2.45) is 0 Å². The van der Waals surface area contributed by atoms with E-state index in [0.717, 1.165) is 5.56 Å². The van der Waals surface area contributed by atoms with Crippen LogP contribution in [0.1, 0.15) is 15.9 Å². The molecule has 2 N–H and O–H groups in total. The molecule has 0 atom stereocenters. The Kier molecular flexibility index (Phi) is 2.95. The predicted molar refractivity (Wildman–Crippen MR) is 45.9 cm³/mol. The average Bonchev–Trinajstić information content (AvgIpc) is 2.63. The van der Waals surface area contributed by atoms with Gasteiger partial charge in [0.15, 0.2) is 12.0 Å². The van der Waals surface area contributed by atoms with E-state index < -0.39 is 5.78 Å². The monoisotopic (exact) mass is 196 g/mol. The molecule has 0 saturated heterocycles. The van der Waals surface area contributed by atoms with Gasteiger partial charge in [-0.05, 0) is 6.07 Å². The summed E-state index contributed by atoms with van der Waals surface area (Å²) in [6.45, 7) is 0.380. The minimum Gasteiger partial charge on any atom is -0.412 e. The van der Waals surface area contributed by atoms with Gasteiger partial charge in [0.25, 0.3) is 0 Å². The number of Topliss-reactive ketones (excluding diaryl/α,β-unsaturated/α-hetero) is 1. The molecule has 0 unspecified atom stereocenters. The van der Waals surface area contributed by atoms with Crippen LogP contribution in [-0.2, 0) is 16.3 Å². The molecular weight excluding hydrogens is 188 g/mol. The Balaban J connectivity index is 0.000000980. The van der Waals surface area contributed by atoms with E-state index in [-0.39, 0.29) is 11.8 Å². The fourth-order valence-electron chi connectivity index (χ4n) is 1.13. The third kappa shape index (κ3) is 1.63. The van der Waals surface area contributed by atoms with Gasteiger partial charge in [-0.25, -0.2) is 0 Å². The van der Waals surface area contributed by atoms with Gasteiger partial charge >= 0.3 is 0 Å². The van der Waals surface area contributed by atoms with Crippen molar-refractivity contribution >= 4 is 12.1 Å². The lowest BCUT2D eigenvalue weighted by Crippen LogP contribution is -1.99. The van der Waals surface area contributed by atoms with Gasteiger partial charge in [0.1, 0.15) is 6.61 Å². The first-order valence-corrected chi connectivity index (χ1v) is 3.73. The Morgan fingerprint density at radius 1 is 1.43 bits per heavy atom. The quantitative estimate of drug-likeness (QED) is 0.290. The molecule has 0 spiro atoms. The highest BCUT2D eigenvalue weighted by Crippen LogP contribution is 2.26. The molecule has 0 aromatic heterocycles. The molecular formula is C9H8O5. The summed E-state index contributed by atoms with van der Waals surface area (Å²) in [7, 11) is 0. The van der Waals surface area contributed by atoms with Crippen molar-refractivity contribution in [1.29, 1.82) is 0 Å². The SMILES string of the molecule is O.O=CC(=O)c1ccc2c(c1)OOC2. The maximum Gasteiger partial charge on any atom is 0.225 e. The van der Waals surface area contributed by atoms with E-state index in [1.807, 2.05) is 0 Å². The van der Waals surface area contributed by atoms with Gasteiger partial charge in [-0.2, -0.15) is 4.89 Å². The van der Waals surface area contributed by atoms with Crippen LogP contribution in [0, 0.1) is 0 Å². The number of hydrogen-bond acceptors (Lipinski definition) is 4. The minimum atomic E-state index is -0.557. The number of rotatable bonds is 2. The maximum atomic E-state index is 10.9. The van der Waals surface area contributed by atoms with E-state index in [1.54, 1.807) is 12.1 Å². The van der Waals surface area contributed by atoms with Crippen LogP contribution < -0.4 is 4.89 Å². The number of aldehydes is 1. The smallest absolute Gasteiger partial charge is 0.225 e. The molecule has 14 heavy (non-hydrogen) atoms. The first-order chi connectivity index (χ1) is 6.31. The van der Waals surface area contributed by atoms with Crippen LogP contribution >= 0.6 is 0 Å². The molecule has 1 aromatic rings. The van der Waals surface area contributed by atoms with E-state index in [1.165, 1.54) is 6.07 Å². The standard InChI is InChI=1S/C9H6O4.H2O/c10-4-8(11)6-1-2-7-5-12-13-9(7)3-6;/h1-4H,5H2;1H2. The molecule has 1 heterocycles. The fourth-order valence-corrected chi connectivity index (χ4v) is 1.13. The summed E-state index contributed by atoms with van der Waals surface area (Å²) in [4.78, 5) is 30.6. The van der Waals surface area contributed by atoms with Crippen LogP contribution in [0.3, 0.4) is 0 Å². The molecule has 0 amide bonds. The zero-order valence-electron chi connectivity index (χ0n) is 7.15. The second kappa shape index (κ2) is 3.99. The summed E-state index contributed by atoms with van der Waals surface area (Å²) < 4.78 is 0. The predicted octanol–water partition coefficient (Wildman–Crippen LogP) is 0.0675. The molecule has 5 heteroatoms. The molecule has 1 aliphatic heterocycles. The molecule has 74 valence electrons. The van der Waals surface area contributed by atoms with Crippen LogP contribution in [0.2, 0.25) is 0 Å². The van der Waals surface area contributed by atoms with E-state index in [0.29, 0.717) is 17.9 Å². The van der Waals surface area contributed by atoms with Crippen molar-refractivity contribution < 1.29 is 24.8 Å². The Labute approximate surface area is 79.5 Å². The highest BCUT2D eigenvalue weighted by Gasteiger charge is 2.15. The lowest BCUT2D eigenvalue weighted by molar-refractivity contribution is -0.194. The summed E-state index contributed by atoms with van der Waals surface area (Å²) in [6.07, 6.45) is 0.275. The average molecular weight is 196 g/mol. The molecule has 1 aliphatic rings. The summed E-state index contributed by atoms with van der Waals surface area (Å²) in [6, 6.07) is 4.78. The minimum absolute atomic E-state index is 0. The molecule has 2 rings (SSSR count). The van der Waals surface area contributed by atoms with E-state index in [9.17, 15) is 9.59 Å². The number of fused-ring (bicyclic) bond motifs is 1. The third-order valence-electron chi connectivity index (χ3n) is 1.82. The third-order valence-corrected chi connectivity index (χ3v) is 1.82. The summed E-state index contributed by atoms with van der Waals surface area (Å²) in [5.41, 5.74) is 1.20. The van der Waals surface area contributed by atoms with Crippen LogP contribution in [0.25, 0.3) is 0 Å². The molecule has 5 nitrogen and oxygen atoms in total. The molecule has 0 fully saturated rings. The first kappa shape index (κ1) is 10.4. The van der Waals surface area contributed by atoms with Crippen LogP contribution in [-0.4, -0.2) is 17.5 Å². The fraction of sp³-hybridized carbons (Fsp3) is 0.111. The Hall–Kier alpha value is -1.72. The zero-order chi connectivity index (χ0) is 9.26. The number of carbonyl (C=O) groups excluding carboxylic acids is 2.